The number of amides is 1. The van der Waals surface area contributed by atoms with Crippen molar-refractivity contribution in [1.29, 1.82) is 0 Å². The van der Waals surface area contributed by atoms with Crippen LogP contribution in [0.3, 0.4) is 0 Å². The maximum absolute atomic E-state index is 11.9. The van der Waals surface area contributed by atoms with Gasteiger partial charge in [0, 0.05) is 31.4 Å². The SMILES string of the molecule is Cc1nc2cc(CCNC(=O)c3ccncc3)ccc2o1. The molecule has 21 heavy (non-hydrogen) atoms. The van der Waals surface area contributed by atoms with Crippen LogP contribution in [-0.4, -0.2) is 22.4 Å². The van der Waals surface area contributed by atoms with Gasteiger partial charge in [-0.25, -0.2) is 4.98 Å². The van der Waals surface area contributed by atoms with Gasteiger partial charge in [-0.2, -0.15) is 0 Å². The van der Waals surface area contributed by atoms with E-state index in [0.29, 0.717) is 18.0 Å². The Morgan fingerprint density at radius 2 is 2.05 bits per heavy atom. The number of nitrogens with zero attached hydrogens (tertiary/aromatic N) is 2. The van der Waals surface area contributed by atoms with Gasteiger partial charge in [-0.3, -0.25) is 9.78 Å². The summed E-state index contributed by atoms with van der Waals surface area (Å²) in [4.78, 5) is 20.1. The summed E-state index contributed by atoms with van der Waals surface area (Å²) in [6.07, 6.45) is 3.96. The van der Waals surface area contributed by atoms with E-state index in [-0.39, 0.29) is 5.91 Å². The highest BCUT2D eigenvalue weighted by atomic mass is 16.3. The highest BCUT2D eigenvalue weighted by Gasteiger charge is 2.05. The number of carbonyl (C=O) groups is 1. The lowest BCUT2D eigenvalue weighted by Gasteiger charge is -2.05. The van der Waals surface area contributed by atoms with Crippen LogP contribution in [0.1, 0.15) is 21.8 Å². The molecule has 0 aliphatic rings. The van der Waals surface area contributed by atoms with E-state index in [1.807, 2.05) is 25.1 Å². The summed E-state index contributed by atoms with van der Waals surface area (Å²) in [7, 11) is 0. The maximum Gasteiger partial charge on any atom is 0.251 e. The van der Waals surface area contributed by atoms with E-state index < -0.39 is 0 Å². The molecule has 0 bridgehead atoms. The third-order valence-electron chi connectivity index (χ3n) is 3.20. The van der Waals surface area contributed by atoms with E-state index in [1.165, 1.54) is 0 Å². The summed E-state index contributed by atoms with van der Waals surface area (Å²) in [6.45, 7) is 2.40. The molecule has 0 radical (unpaired) electrons. The minimum Gasteiger partial charge on any atom is -0.441 e. The number of hydrogen-bond acceptors (Lipinski definition) is 4. The van der Waals surface area contributed by atoms with Crippen molar-refractivity contribution in [3.63, 3.8) is 0 Å². The molecule has 3 aromatic rings. The molecule has 2 aromatic heterocycles. The van der Waals surface area contributed by atoms with Gasteiger partial charge in [0.05, 0.1) is 0 Å². The lowest BCUT2D eigenvalue weighted by Crippen LogP contribution is -2.25. The van der Waals surface area contributed by atoms with Gasteiger partial charge in [0.2, 0.25) is 0 Å². The second-order valence-corrected chi connectivity index (χ2v) is 4.78. The lowest BCUT2D eigenvalue weighted by molar-refractivity contribution is 0.0954. The van der Waals surface area contributed by atoms with E-state index >= 15 is 0 Å². The summed E-state index contributed by atoms with van der Waals surface area (Å²) < 4.78 is 5.44. The van der Waals surface area contributed by atoms with E-state index in [0.717, 1.165) is 23.1 Å². The first-order chi connectivity index (χ1) is 10.2. The van der Waals surface area contributed by atoms with Crippen LogP contribution in [0.25, 0.3) is 11.1 Å². The molecule has 1 N–H and O–H groups in total. The third-order valence-corrected chi connectivity index (χ3v) is 3.20. The van der Waals surface area contributed by atoms with E-state index in [4.69, 9.17) is 4.42 Å². The molecule has 0 unspecified atom stereocenters. The van der Waals surface area contributed by atoms with E-state index in [1.54, 1.807) is 24.5 Å². The van der Waals surface area contributed by atoms with Gasteiger partial charge < -0.3 is 9.73 Å². The fourth-order valence-electron chi connectivity index (χ4n) is 2.17. The summed E-state index contributed by atoms with van der Waals surface area (Å²) in [5, 5.41) is 2.89. The quantitative estimate of drug-likeness (QED) is 0.797. The van der Waals surface area contributed by atoms with Crippen molar-refractivity contribution < 1.29 is 9.21 Å². The molecule has 3 rings (SSSR count). The van der Waals surface area contributed by atoms with Gasteiger partial charge in [-0.1, -0.05) is 6.07 Å². The Labute approximate surface area is 122 Å². The first kappa shape index (κ1) is 13.3. The minimum absolute atomic E-state index is 0.0873. The first-order valence-corrected chi connectivity index (χ1v) is 6.77. The second-order valence-electron chi connectivity index (χ2n) is 4.78. The summed E-state index contributed by atoms with van der Waals surface area (Å²) in [5.41, 5.74) is 3.38. The van der Waals surface area contributed by atoms with Crippen LogP contribution in [0, 0.1) is 6.92 Å². The van der Waals surface area contributed by atoms with Crippen LogP contribution >= 0.6 is 0 Å². The predicted octanol–water partition coefficient (Wildman–Crippen LogP) is 2.50. The number of aryl methyl sites for hydroxylation is 1. The number of oxazole rings is 1. The van der Waals surface area contributed by atoms with Crippen molar-refractivity contribution in [3.05, 3.63) is 59.7 Å². The molecule has 0 saturated heterocycles. The Morgan fingerprint density at radius 1 is 1.24 bits per heavy atom. The molecular formula is C16H15N3O2. The van der Waals surface area contributed by atoms with Gasteiger partial charge in [0.15, 0.2) is 11.5 Å². The monoisotopic (exact) mass is 281 g/mol. The fraction of sp³-hybridized carbons (Fsp3) is 0.188. The Morgan fingerprint density at radius 3 is 2.86 bits per heavy atom. The number of fused-ring (bicyclic) bond motifs is 1. The maximum atomic E-state index is 11.9. The number of rotatable bonds is 4. The van der Waals surface area contributed by atoms with Crippen LogP contribution in [0.4, 0.5) is 0 Å². The normalized spacial score (nSPS) is 10.7. The van der Waals surface area contributed by atoms with Gasteiger partial charge in [-0.15, -0.1) is 0 Å². The van der Waals surface area contributed by atoms with Crippen molar-refractivity contribution in [2.24, 2.45) is 0 Å². The van der Waals surface area contributed by atoms with Crippen molar-refractivity contribution >= 4 is 17.0 Å². The fourth-order valence-corrected chi connectivity index (χ4v) is 2.17. The zero-order valence-electron chi connectivity index (χ0n) is 11.7. The summed E-state index contributed by atoms with van der Waals surface area (Å²) in [5.74, 6) is 0.573. The van der Waals surface area contributed by atoms with Crippen molar-refractivity contribution in [1.82, 2.24) is 15.3 Å². The van der Waals surface area contributed by atoms with E-state index in [9.17, 15) is 4.79 Å². The predicted molar refractivity (Wildman–Crippen MR) is 79.0 cm³/mol. The number of aromatic nitrogens is 2. The van der Waals surface area contributed by atoms with Gasteiger partial charge in [-0.05, 0) is 36.2 Å². The highest BCUT2D eigenvalue weighted by Crippen LogP contribution is 2.16. The molecule has 0 saturated carbocycles. The number of hydrogen-bond donors (Lipinski definition) is 1. The zero-order valence-corrected chi connectivity index (χ0v) is 11.7. The molecule has 5 heteroatoms. The smallest absolute Gasteiger partial charge is 0.251 e. The largest absolute Gasteiger partial charge is 0.441 e. The second kappa shape index (κ2) is 5.75. The first-order valence-electron chi connectivity index (χ1n) is 6.77. The zero-order chi connectivity index (χ0) is 14.7. The van der Waals surface area contributed by atoms with Crippen LogP contribution in [0.15, 0.2) is 47.1 Å². The molecule has 0 aliphatic carbocycles. The Kier molecular flexibility index (Phi) is 3.64. The summed E-state index contributed by atoms with van der Waals surface area (Å²) >= 11 is 0. The number of pyridine rings is 1. The topological polar surface area (TPSA) is 68.0 Å². The van der Waals surface area contributed by atoms with Crippen LogP contribution in [0.2, 0.25) is 0 Å². The number of carbonyl (C=O) groups excluding carboxylic acids is 1. The summed E-state index contributed by atoms with van der Waals surface area (Å²) in [6, 6.07) is 9.28. The average Bonchev–Trinajstić information content (AvgIpc) is 2.87. The minimum atomic E-state index is -0.0873. The highest BCUT2D eigenvalue weighted by molar-refractivity contribution is 5.93. The van der Waals surface area contributed by atoms with Gasteiger partial charge in [0.1, 0.15) is 5.52 Å². The molecule has 0 atom stereocenters. The lowest BCUT2D eigenvalue weighted by atomic mass is 10.1. The molecule has 1 aromatic carbocycles. The van der Waals surface area contributed by atoms with Crippen LogP contribution in [0.5, 0.6) is 0 Å². The molecule has 1 amide bonds. The van der Waals surface area contributed by atoms with Crippen molar-refractivity contribution in [2.75, 3.05) is 6.54 Å². The molecule has 106 valence electrons. The molecule has 0 aliphatic heterocycles. The Bertz CT molecular complexity index is 766. The Balaban J connectivity index is 1.60. The molecule has 0 fully saturated rings. The van der Waals surface area contributed by atoms with Crippen LogP contribution < -0.4 is 5.32 Å². The third kappa shape index (κ3) is 3.08. The van der Waals surface area contributed by atoms with Gasteiger partial charge in [0.25, 0.3) is 5.91 Å². The molecule has 5 nitrogen and oxygen atoms in total. The average molecular weight is 281 g/mol. The van der Waals surface area contributed by atoms with Crippen molar-refractivity contribution in [2.45, 2.75) is 13.3 Å². The molecular weight excluding hydrogens is 266 g/mol. The number of benzene rings is 1. The van der Waals surface area contributed by atoms with E-state index in [2.05, 4.69) is 15.3 Å². The standard InChI is InChI=1S/C16H15N3O2/c1-11-19-14-10-12(2-3-15(14)21-11)4-9-18-16(20)13-5-7-17-8-6-13/h2-3,5-8,10H,4,9H2,1H3,(H,18,20). The number of nitrogens with one attached hydrogen (secondary N) is 1. The molecule has 0 spiro atoms. The Hall–Kier alpha value is -2.69. The van der Waals surface area contributed by atoms with Gasteiger partial charge >= 0.3 is 0 Å². The molecule has 2 heterocycles. The van der Waals surface area contributed by atoms with Crippen LogP contribution in [-0.2, 0) is 6.42 Å². The van der Waals surface area contributed by atoms with Crippen molar-refractivity contribution in [3.8, 4) is 0 Å².